The quantitative estimate of drug-likeness (QED) is 0.614. The number of methoxy groups -OCH3 is 1. The summed E-state index contributed by atoms with van der Waals surface area (Å²) in [6, 6.07) is 10.8. The van der Waals surface area contributed by atoms with Crippen LogP contribution in [0.15, 0.2) is 47.3 Å². The Balaban J connectivity index is 2.25. The second kappa shape index (κ2) is 8.32. The first kappa shape index (κ1) is 21.6. The Morgan fingerprint density at radius 2 is 1.77 bits per heavy atom. The molecule has 0 fully saturated rings. The third kappa shape index (κ3) is 4.54. The van der Waals surface area contributed by atoms with Crippen molar-refractivity contribution in [3.8, 4) is 28.5 Å². The van der Waals surface area contributed by atoms with Crippen molar-refractivity contribution < 1.29 is 19.0 Å². The zero-order valence-electron chi connectivity index (χ0n) is 17.8. The molecule has 0 saturated carbocycles. The van der Waals surface area contributed by atoms with E-state index in [1.807, 2.05) is 19.1 Å². The highest BCUT2D eigenvalue weighted by atomic mass is 19.1. The fourth-order valence-corrected chi connectivity index (χ4v) is 3.28. The molecule has 1 aromatic heterocycles. The molecule has 2 aromatic carbocycles. The smallest absolute Gasteiger partial charge is 0.182 e. The maximum absolute atomic E-state index is 13.6. The summed E-state index contributed by atoms with van der Waals surface area (Å²) in [6.07, 6.45) is 0. The van der Waals surface area contributed by atoms with E-state index in [0.717, 1.165) is 11.1 Å². The van der Waals surface area contributed by atoms with Crippen molar-refractivity contribution in [3.05, 3.63) is 75.3 Å². The van der Waals surface area contributed by atoms with Crippen LogP contribution in [0.5, 0.6) is 17.2 Å². The van der Waals surface area contributed by atoms with Crippen LogP contribution in [0, 0.1) is 12.7 Å². The molecule has 30 heavy (non-hydrogen) atoms. The van der Waals surface area contributed by atoms with Gasteiger partial charge in [0.15, 0.2) is 16.9 Å². The number of hydrogen-bond donors (Lipinski definition) is 2. The molecular formula is C24H26FNO4. The van der Waals surface area contributed by atoms with Gasteiger partial charge in [-0.3, -0.25) is 4.79 Å². The Labute approximate surface area is 175 Å². The normalized spacial score (nSPS) is 11.4. The Kier molecular flexibility index (Phi) is 5.99. The van der Waals surface area contributed by atoms with Gasteiger partial charge in [-0.05, 0) is 41.7 Å². The predicted octanol–water partition coefficient (Wildman–Crippen LogP) is 5.08. The first-order chi connectivity index (χ1) is 14.1. The van der Waals surface area contributed by atoms with Gasteiger partial charge in [-0.25, -0.2) is 4.39 Å². The van der Waals surface area contributed by atoms with Gasteiger partial charge in [-0.15, -0.1) is 0 Å². The number of benzene rings is 2. The molecule has 0 aliphatic heterocycles. The van der Waals surface area contributed by atoms with Gasteiger partial charge in [0.05, 0.1) is 19.4 Å². The lowest BCUT2D eigenvalue weighted by molar-refractivity contribution is 0.277. The number of halogens is 1. The molecule has 0 amide bonds. The lowest BCUT2D eigenvalue weighted by Gasteiger charge is -2.24. The number of aliphatic hydroxyl groups excluding tert-OH is 1. The van der Waals surface area contributed by atoms with Gasteiger partial charge in [-0.1, -0.05) is 26.8 Å². The number of aromatic nitrogens is 1. The standard InChI is InChI=1S/C24H26FNO4/c1-14-8-15(24(2,3)4)9-22(30-20-7-6-16(25)10-21(20)29-5)23(14)19-12-18(28)11-17(13-27)26-19/h6-12,27H,13H2,1-5H3,(H,26,28). The molecule has 5 nitrogen and oxygen atoms in total. The van der Waals surface area contributed by atoms with E-state index >= 15 is 0 Å². The summed E-state index contributed by atoms with van der Waals surface area (Å²) >= 11 is 0. The second-order valence-corrected chi connectivity index (χ2v) is 8.23. The maximum Gasteiger partial charge on any atom is 0.182 e. The first-order valence-corrected chi connectivity index (χ1v) is 9.63. The summed E-state index contributed by atoms with van der Waals surface area (Å²) in [7, 11) is 1.45. The maximum atomic E-state index is 13.6. The van der Waals surface area contributed by atoms with Gasteiger partial charge < -0.3 is 19.6 Å². The van der Waals surface area contributed by atoms with Crippen molar-refractivity contribution in [1.82, 2.24) is 4.98 Å². The minimum Gasteiger partial charge on any atom is -0.493 e. The Morgan fingerprint density at radius 1 is 1.03 bits per heavy atom. The number of ether oxygens (including phenoxy) is 2. The molecule has 0 saturated heterocycles. The summed E-state index contributed by atoms with van der Waals surface area (Å²) in [5.74, 6) is 0.679. The fraction of sp³-hybridized carbons (Fsp3) is 0.292. The van der Waals surface area contributed by atoms with E-state index in [1.165, 1.54) is 37.4 Å². The predicted molar refractivity (Wildman–Crippen MR) is 115 cm³/mol. The van der Waals surface area contributed by atoms with Crippen LogP contribution in [-0.2, 0) is 12.0 Å². The number of aliphatic hydroxyl groups is 1. The molecule has 3 aromatic rings. The number of pyridine rings is 1. The number of aryl methyl sites for hydroxylation is 1. The van der Waals surface area contributed by atoms with Gasteiger partial charge in [0, 0.05) is 29.5 Å². The van der Waals surface area contributed by atoms with E-state index in [-0.39, 0.29) is 23.2 Å². The third-order valence-electron chi connectivity index (χ3n) is 4.85. The van der Waals surface area contributed by atoms with Crippen LogP contribution in [0.3, 0.4) is 0 Å². The van der Waals surface area contributed by atoms with Crippen LogP contribution in [0.25, 0.3) is 11.3 Å². The lowest BCUT2D eigenvalue weighted by Crippen LogP contribution is -2.12. The largest absolute Gasteiger partial charge is 0.493 e. The fourth-order valence-electron chi connectivity index (χ4n) is 3.28. The van der Waals surface area contributed by atoms with Crippen LogP contribution >= 0.6 is 0 Å². The van der Waals surface area contributed by atoms with Crippen LogP contribution < -0.4 is 14.9 Å². The average molecular weight is 411 g/mol. The molecule has 2 N–H and O–H groups in total. The van der Waals surface area contributed by atoms with Gasteiger partial charge >= 0.3 is 0 Å². The van der Waals surface area contributed by atoms with E-state index in [2.05, 4.69) is 25.8 Å². The van der Waals surface area contributed by atoms with E-state index in [0.29, 0.717) is 28.5 Å². The minimum absolute atomic E-state index is 0.144. The molecule has 0 atom stereocenters. The minimum atomic E-state index is -0.431. The number of hydrogen-bond acceptors (Lipinski definition) is 4. The molecular weight excluding hydrogens is 385 g/mol. The molecule has 0 aliphatic carbocycles. The zero-order valence-corrected chi connectivity index (χ0v) is 17.8. The Morgan fingerprint density at radius 3 is 2.40 bits per heavy atom. The second-order valence-electron chi connectivity index (χ2n) is 8.23. The van der Waals surface area contributed by atoms with E-state index < -0.39 is 5.82 Å². The summed E-state index contributed by atoms with van der Waals surface area (Å²) in [5.41, 5.74) is 3.18. The number of aromatic amines is 1. The van der Waals surface area contributed by atoms with Crippen molar-refractivity contribution in [2.24, 2.45) is 0 Å². The van der Waals surface area contributed by atoms with Crippen molar-refractivity contribution in [1.29, 1.82) is 0 Å². The number of H-pyrrole nitrogens is 1. The van der Waals surface area contributed by atoms with Gasteiger partial charge in [0.1, 0.15) is 11.6 Å². The summed E-state index contributed by atoms with van der Waals surface area (Å²) < 4.78 is 25.1. The average Bonchev–Trinajstić information content (AvgIpc) is 2.67. The highest BCUT2D eigenvalue weighted by molar-refractivity contribution is 5.73. The number of rotatable bonds is 5. The lowest BCUT2D eigenvalue weighted by atomic mass is 9.84. The van der Waals surface area contributed by atoms with Crippen LogP contribution in [0.4, 0.5) is 4.39 Å². The van der Waals surface area contributed by atoms with Crippen LogP contribution in [-0.4, -0.2) is 17.2 Å². The van der Waals surface area contributed by atoms with Crippen molar-refractivity contribution in [3.63, 3.8) is 0 Å². The monoisotopic (exact) mass is 411 g/mol. The van der Waals surface area contributed by atoms with Gasteiger partial charge in [0.25, 0.3) is 0 Å². The molecule has 158 valence electrons. The molecule has 0 radical (unpaired) electrons. The molecule has 0 aliphatic rings. The van der Waals surface area contributed by atoms with Gasteiger partial charge in [-0.2, -0.15) is 0 Å². The molecule has 3 rings (SSSR count). The van der Waals surface area contributed by atoms with E-state index in [4.69, 9.17) is 9.47 Å². The van der Waals surface area contributed by atoms with E-state index in [9.17, 15) is 14.3 Å². The first-order valence-electron chi connectivity index (χ1n) is 9.63. The van der Waals surface area contributed by atoms with Gasteiger partial charge in [0.2, 0.25) is 0 Å². The topological polar surface area (TPSA) is 71.6 Å². The Bertz CT molecular complexity index is 1130. The number of nitrogens with one attached hydrogen (secondary N) is 1. The van der Waals surface area contributed by atoms with Crippen molar-refractivity contribution in [2.75, 3.05) is 7.11 Å². The summed E-state index contributed by atoms with van der Waals surface area (Å²) in [4.78, 5) is 15.2. The highest BCUT2D eigenvalue weighted by Crippen LogP contribution is 2.41. The van der Waals surface area contributed by atoms with Crippen LogP contribution in [0.1, 0.15) is 37.6 Å². The van der Waals surface area contributed by atoms with Crippen molar-refractivity contribution >= 4 is 0 Å². The summed E-state index contributed by atoms with van der Waals surface area (Å²) in [5, 5.41) is 9.50. The highest BCUT2D eigenvalue weighted by Gasteiger charge is 2.21. The molecule has 0 spiro atoms. The van der Waals surface area contributed by atoms with Crippen molar-refractivity contribution in [2.45, 2.75) is 39.7 Å². The zero-order chi connectivity index (χ0) is 22.1. The van der Waals surface area contributed by atoms with Crippen LogP contribution in [0.2, 0.25) is 0 Å². The molecule has 6 heteroatoms. The molecule has 0 bridgehead atoms. The SMILES string of the molecule is COc1cc(F)ccc1Oc1cc(C(C)(C)C)cc(C)c1-c1cc(=O)cc(CO)[nH]1. The molecule has 0 unspecified atom stereocenters. The molecule has 1 heterocycles. The summed E-state index contributed by atoms with van der Waals surface area (Å²) in [6.45, 7) is 7.93. The Hall–Kier alpha value is -3.12. The third-order valence-corrected chi connectivity index (χ3v) is 4.85. The van der Waals surface area contributed by atoms with E-state index in [1.54, 1.807) is 0 Å².